The van der Waals surface area contributed by atoms with E-state index in [9.17, 15) is 0 Å². The summed E-state index contributed by atoms with van der Waals surface area (Å²) in [5.74, 6) is 2.17. The minimum atomic E-state index is 0. The van der Waals surface area contributed by atoms with Gasteiger partial charge in [-0.3, -0.25) is 0 Å². The van der Waals surface area contributed by atoms with E-state index < -0.39 is 0 Å². The van der Waals surface area contributed by atoms with Gasteiger partial charge in [-0.1, -0.05) is 0 Å². The zero-order valence-electron chi connectivity index (χ0n) is 15.9. The molecule has 0 spiro atoms. The Morgan fingerprint density at radius 2 is 0.792 bits per heavy atom. The average molecular weight is 560 g/mol. The molecule has 0 aromatic carbocycles. The summed E-state index contributed by atoms with van der Waals surface area (Å²) >= 11 is 0. The maximum Gasteiger partial charge on any atom is 0.0893 e. The minimum Gasteiger partial charge on any atom is -1.00 e. The first-order valence-electron chi connectivity index (χ1n) is 10.3. The lowest BCUT2D eigenvalue weighted by molar-refractivity contribution is -0.940. The predicted octanol–water partition coefficient (Wildman–Crippen LogP) is -2.19. The van der Waals surface area contributed by atoms with E-state index in [1.807, 2.05) is 0 Å². The SMILES string of the molecule is C[N+]1(C2C[C@H]3CC([N+]4(C)CCCCC4)C[C@H]3C2)CCCCC1.[I-].[I-]. The van der Waals surface area contributed by atoms with E-state index in [1.54, 1.807) is 25.7 Å². The zero-order valence-corrected chi connectivity index (χ0v) is 20.2. The van der Waals surface area contributed by atoms with E-state index in [0.717, 1.165) is 23.9 Å². The van der Waals surface area contributed by atoms with Crippen molar-refractivity contribution < 1.29 is 56.9 Å². The summed E-state index contributed by atoms with van der Waals surface area (Å²) in [7, 11) is 5.17. The second kappa shape index (κ2) is 8.59. The van der Waals surface area contributed by atoms with Crippen molar-refractivity contribution >= 4 is 0 Å². The molecule has 0 aromatic heterocycles. The number of quaternary nitrogens is 2. The van der Waals surface area contributed by atoms with Crippen molar-refractivity contribution in [3.8, 4) is 0 Å². The second-order valence-electron chi connectivity index (χ2n) is 9.75. The molecule has 2 aliphatic carbocycles. The molecule has 4 aliphatic rings. The van der Waals surface area contributed by atoms with Crippen molar-refractivity contribution in [1.29, 1.82) is 0 Å². The number of hydrogen-bond acceptors (Lipinski definition) is 0. The van der Waals surface area contributed by atoms with Gasteiger partial charge in [0.25, 0.3) is 0 Å². The highest BCUT2D eigenvalue weighted by molar-refractivity contribution is 4.93. The fourth-order valence-corrected chi connectivity index (χ4v) is 6.77. The molecule has 2 saturated heterocycles. The van der Waals surface area contributed by atoms with Crippen LogP contribution in [-0.2, 0) is 0 Å². The van der Waals surface area contributed by atoms with Gasteiger partial charge in [0.05, 0.1) is 52.4 Å². The third-order valence-corrected chi connectivity index (χ3v) is 8.40. The van der Waals surface area contributed by atoms with Crippen molar-refractivity contribution in [3.05, 3.63) is 0 Å². The summed E-state index contributed by atoms with van der Waals surface area (Å²) in [4.78, 5) is 0. The zero-order chi connectivity index (χ0) is 15.2. The fourth-order valence-electron chi connectivity index (χ4n) is 6.77. The van der Waals surface area contributed by atoms with Crippen LogP contribution in [0.1, 0.15) is 64.2 Å². The summed E-state index contributed by atoms with van der Waals surface area (Å²) in [6, 6.07) is 2.03. The molecule has 0 N–H and O–H groups in total. The molecule has 2 aliphatic heterocycles. The molecule has 0 radical (unpaired) electrons. The van der Waals surface area contributed by atoms with Gasteiger partial charge in [-0.15, -0.1) is 0 Å². The lowest BCUT2D eigenvalue weighted by Crippen LogP contribution is -3.00. The molecule has 4 heteroatoms. The lowest BCUT2D eigenvalue weighted by Gasteiger charge is -2.45. The molecular formula is C20H38I2N2. The predicted molar refractivity (Wildman–Crippen MR) is 92.6 cm³/mol. The highest BCUT2D eigenvalue weighted by atomic mass is 127. The van der Waals surface area contributed by atoms with E-state index in [0.29, 0.717) is 0 Å². The van der Waals surface area contributed by atoms with Crippen LogP contribution in [-0.4, -0.2) is 61.3 Å². The molecule has 0 unspecified atom stereocenters. The Hall–Kier alpha value is 1.38. The third-order valence-electron chi connectivity index (χ3n) is 8.40. The normalized spacial score (nSPS) is 40.2. The third kappa shape index (κ3) is 4.11. The molecule has 142 valence electrons. The number of rotatable bonds is 2. The first-order chi connectivity index (χ1) is 10.6. The summed E-state index contributed by atoms with van der Waals surface area (Å²) < 4.78 is 2.87. The number of piperidine rings is 2. The van der Waals surface area contributed by atoms with Gasteiger partial charge in [0.1, 0.15) is 0 Å². The van der Waals surface area contributed by atoms with Crippen molar-refractivity contribution in [3.63, 3.8) is 0 Å². The number of halogens is 2. The Labute approximate surface area is 184 Å². The second-order valence-corrected chi connectivity index (χ2v) is 9.75. The van der Waals surface area contributed by atoms with Crippen molar-refractivity contribution in [1.82, 2.24) is 0 Å². The molecule has 2 nitrogen and oxygen atoms in total. The monoisotopic (exact) mass is 560 g/mol. The van der Waals surface area contributed by atoms with Crippen LogP contribution in [0.2, 0.25) is 0 Å². The molecule has 4 fully saturated rings. The van der Waals surface area contributed by atoms with E-state index >= 15 is 0 Å². The quantitative estimate of drug-likeness (QED) is 0.266. The molecule has 0 bridgehead atoms. The van der Waals surface area contributed by atoms with Gasteiger partial charge in [0.2, 0.25) is 0 Å². The minimum absolute atomic E-state index is 0. The number of likely N-dealkylation sites (tertiary alicyclic amines) is 2. The van der Waals surface area contributed by atoms with Gasteiger partial charge in [-0.05, 0) is 50.4 Å². The Balaban J connectivity index is 0.00000104. The van der Waals surface area contributed by atoms with E-state index in [1.165, 1.54) is 73.7 Å². The smallest absolute Gasteiger partial charge is 0.0893 e. The first-order valence-corrected chi connectivity index (χ1v) is 10.3. The number of fused-ring (bicyclic) bond motifs is 1. The Morgan fingerprint density at radius 3 is 1.08 bits per heavy atom. The van der Waals surface area contributed by atoms with Crippen LogP contribution in [0.15, 0.2) is 0 Å². The van der Waals surface area contributed by atoms with Crippen LogP contribution in [0, 0.1) is 11.8 Å². The van der Waals surface area contributed by atoms with Crippen LogP contribution < -0.4 is 48.0 Å². The highest BCUT2D eigenvalue weighted by Gasteiger charge is 2.52. The van der Waals surface area contributed by atoms with E-state index in [2.05, 4.69) is 14.1 Å². The summed E-state index contributed by atoms with van der Waals surface area (Å²) in [6.45, 7) is 5.89. The van der Waals surface area contributed by atoms with Crippen LogP contribution in [0.25, 0.3) is 0 Å². The molecule has 0 aromatic rings. The van der Waals surface area contributed by atoms with Gasteiger partial charge >= 0.3 is 0 Å². The van der Waals surface area contributed by atoms with Gasteiger partial charge < -0.3 is 56.9 Å². The highest BCUT2D eigenvalue weighted by Crippen LogP contribution is 2.50. The van der Waals surface area contributed by atoms with Crippen molar-refractivity contribution in [2.75, 3.05) is 40.3 Å². The lowest BCUT2D eigenvalue weighted by atomic mass is 9.98. The van der Waals surface area contributed by atoms with Gasteiger partial charge in [-0.25, -0.2) is 0 Å². The first kappa shape index (κ1) is 21.7. The van der Waals surface area contributed by atoms with Gasteiger partial charge in [-0.2, -0.15) is 0 Å². The van der Waals surface area contributed by atoms with Crippen LogP contribution in [0.3, 0.4) is 0 Å². The van der Waals surface area contributed by atoms with Gasteiger partial charge in [0, 0.05) is 25.7 Å². The molecule has 2 heterocycles. The van der Waals surface area contributed by atoms with Crippen LogP contribution >= 0.6 is 0 Å². The molecule has 24 heavy (non-hydrogen) atoms. The van der Waals surface area contributed by atoms with Crippen LogP contribution in [0.4, 0.5) is 0 Å². The van der Waals surface area contributed by atoms with Crippen molar-refractivity contribution in [2.45, 2.75) is 76.3 Å². The average Bonchev–Trinajstić information content (AvgIpc) is 3.08. The van der Waals surface area contributed by atoms with Gasteiger partial charge in [0.15, 0.2) is 0 Å². The van der Waals surface area contributed by atoms with Crippen molar-refractivity contribution in [2.24, 2.45) is 11.8 Å². The van der Waals surface area contributed by atoms with E-state index in [-0.39, 0.29) is 48.0 Å². The Kier molecular flexibility index (Phi) is 7.76. The topological polar surface area (TPSA) is 0 Å². The summed E-state index contributed by atoms with van der Waals surface area (Å²) in [6.07, 6.45) is 15.2. The molecule has 0 atom stereocenters. The maximum atomic E-state index is 2.58. The Morgan fingerprint density at radius 1 is 0.500 bits per heavy atom. The summed E-state index contributed by atoms with van der Waals surface area (Å²) in [5, 5.41) is 0. The fraction of sp³-hybridized carbons (Fsp3) is 1.00. The Bertz CT molecular complexity index is 352. The standard InChI is InChI=1S/C20H38N2.2HI/c1-21(9-5-3-6-10-21)19-13-17-15-20(16-18(17)14-19)22(2)11-7-4-8-12-22;;/h17-20H,3-16H2,1-2H3;2*1H/q+2;;/p-2/t17-,18+,19?,20?;;. The number of nitrogens with zero attached hydrogens (tertiary/aromatic N) is 2. The molecular weight excluding hydrogens is 522 g/mol. The van der Waals surface area contributed by atoms with Crippen LogP contribution in [0.5, 0.6) is 0 Å². The number of hydrogen-bond donors (Lipinski definition) is 0. The largest absolute Gasteiger partial charge is 1.00 e. The summed E-state index contributed by atoms with van der Waals surface area (Å²) in [5.41, 5.74) is 0. The van der Waals surface area contributed by atoms with E-state index in [4.69, 9.17) is 0 Å². The maximum absolute atomic E-state index is 2.58. The molecule has 2 saturated carbocycles. The molecule has 4 rings (SSSR count). The molecule has 0 amide bonds.